The fraction of sp³-hybridized carbons (Fsp3) is 0.867. The molecular formula is C15H26N2O2. The van der Waals surface area contributed by atoms with Crippen molar-refractivity contribution in [2.75, 3.05) is 13.1 Å². The molecule has 0 unspecified atom stereocenters. The highest BCUT2D eigenvalue weighted by molar-refractivity contribution is 5.88. The molecule has 2 amide bonds. The first-order valence-electron chi connectivity index (χ1n) is 7.75. The number of amides is 2. The van der Waals surface area contributed by atoms with Crippen LogP contribution < -0.4 is 0 Å². The monoisotopic (exact) mass is 266 g/mol. The second-order valence-electron chi connectivity index (χ2n) is 5.87. The Labute approximate surface area is 116 Å². The molecule has 2 saturated heterocycles. The van der Waals surface area contributed by atoms with Crippen LogP contribution in [-0.4, -0.2) is 46.8 Å². The first kappa shape index (κ1) is 14.4. The van der Waals surface area contributed by atoms with Crippen LogP contribution in [0.2, 0.25) is 0 Å². The third-order valence-corrected chi connectivity index (χ3v) is 4.41. The molecular weight excluding hydrogens is 240 g/mol. The minimum Gasteiger partial charge on any atom is -0.338 e. The highest BCUT2D eigenvalue weighted by atomic mass is 16.2. The van der Waals surface area contributed by atoms with Gasteiger partial charge in [0.2, 0.25) is 11.8 Å². The molecule has 2 rings (SSSR count). The van der Waals surface area contributed by atoms with E-state index in [2.05, 4.69) is 6.92 Å². The average Bonchev–Trinajstić information content (AvgIpc) is 2.88. The van der Waals surface area contributed by atoms with Crippen LogP contribution in [0.3, 0.4) is 0 Å². The van der Waals surface area contributed by atoms with Crippen molar-refractivity contribution >= 4 is 11.8 Å². The van der Waals surface area contributed by atoms with E-state index in [9.17, 15) is 9.59 Å². The maximum absolute atomic E-state index is 12.7. The van der Waals surface area contributed by atoms with Crippen LogP contribution in [0.15, 0.2) is 0 Å². The van der Waals surface area contributed by atoms with Gasteiger partial charge in [-0.1, -0.05) is 6.92 Å². The Morgan fingerprint density at radius 3 is 2.47 bits per heavy atom. The molecule has 4 nitrogen and oxygen atoms in total. The van der Waals surface area contributed by atoms with Gasteiger partial charge in [-0.05, 0) is 45.4 Å². The lowest BCUT2D eigenvalue weighted by molar-refractivity contribution is -0.146. The minimum atomic E-state index is -0.181. The van der Waals surface area contributed by atoms with E-state index in [1.54, 1.807) is 0 Å². The molecule has 0 spiro atoms. The van der Waals surface area contributed by atoms with Gasteiger partial charge in [-0.15, -0.1) is 0 Å². The molecule has 0 aromatic rings. The molecule has 0 aromatic heterocycles. The Balaban J connectivity index is 2.02. The number of carbonyl (C=O) groups is 2. The number of hydrogen-bond donors (Lipinski definition) is 0. The molecule has 4 heteroatoms. The molecule has 0 radical (unpaired) electrons. The van der Waals surface area contributed by atoms with Crippen LogP contribution >= 0.6 is 0 Å². The zero-order valence-corrected chi connectivity index (χ0v) is 12.2. The maximum atomic E-state index is 12.7. The third kappa shape index (κ3) is 3.10. The van der Waals surface area contributed by atoms with Gasteiger partial charge in [0.1, 0.15) is 6.04 Å². The Morgan fingerprint density at radius 2 is 1.79 bits per heavy atom. The highest BCUT2D eigenvalue weighted by Crippen LogP contribution is 2.24. The number of likely N-dealkylation sites (tertiary alicyclic amines) is 2. The summed E-state index contributed by atoms with van der Waals surface area (Å²) in [5.41, 5.74) is 0. The van der Waals surface area contributed by atoms with Crippen LogP contribution in [0.5, 0.6) is 0 Å². The summed E-state index contributed by atoms with van der Waals surface area (Å²) in [5.74, 6) is 0.345. The van der Waals surface area contributed by atoms with Crippen molar-refractivity contribution in [3.63, 3.8) is 0 Å². The first-order chi connectivity index (χ1) is 9.15. The van der Waals surface area contributed by atoms with Gasteiger partial charge >= 0.3 is 0 Å². The summed E-state index contributed by atoms with van der Waals surface area (Å²) < 4.78 is 0. The molecule has 2 aliphatic heterocycles. The van der Waals surface area contributed by atoms with Crippen LogP contribution in [0.4, 0.5) is 0 Å². The standard InChI is InChI=1S/C15H26N2O2/c1-3-7-14(18)17-11-6-9-13(17)15(19)16-10-5-4-8-12(16)2/h12-13H,3-11H2,1-2H3/t12-,13-/m1/s1. The molecule has 0 bridgehead atoms. The average molecular weight is 266 g/mol. The largest absolute Gasteiger partial charge is 0.338 e. The van der Waals surface area contributed by atoms with Gasteiger partial charge in [-0.2, -0.15) is 0 Å². The van der Waals surface area contributed by atoms with Crippen molar-refractivity contribution in [3.8, 4) is 0 Å². The third-order valence-electron chi connectivity index (χ3n) is 4.41. The Hall–Kier alpha value is -1.06. The van der Waals surface area contributed by atoms with Crippen molar-refractivity contribution in [2.45, 2.75) is 70.9 Å². The number of rotatable bonds is 3. The van der Waals surface area contributed by atoms with E-state index in [1.807, 2.05) is 16.7 Å². The van der Waals surface area contributed by atoms with Crippen molar-refractivity contribution in [3.05, 3.63) is 0 Å². The van der Waals surface area contributed by atoms with Crippen LogP contribution in [-0.2, 0) is 9.59 Å². The zero-order valence-electron chi connectivity index (χ0n) is 12.2. The molecule has 2 fully saturated rings. The lowest BCUT2D eigenvalue weighted by Crippen LogP contribution is -2.51. The minimum absolute atomic E-state index is 0.156. The molecule has 2 heterocycles. The molecule has 2 aliphatic rings. The topological polar surface area (TPSA) is 40.6 Å². The molecule has 0 saturated carbocycles. The molecule has 2 atom stereocenters. The van der Waals surface area contributed by atoms with Crippen molar-refractivity contribution < 1.29 is 9.59 Å². The van der Waals surface area contributed by atoms with Gasteiger partial charge in [0.25, 0.3) is 0 Å². The fourth-order valence-corrected chi connectivity index (χ4v) is 3.30. The second-order valence-corrected chi connectivity index (χ2v) is 5.87. The van der Waals surface area contributed by atoms with Gasteiger partial charge in [-0.3, -0.25) is 9.59 Å². The molecule has 19 heavy (non-hydrogen) atoms. The summed E-state index contributed by atoms with van der Waals surface area (Å²) in [5, 5.41) is 0. The molecule has 0 N–H and O–H groups in total. The summed E-state index contributed by atoms with van der Waals surface area (Å²) in [7, 11) is 0. The van der Waals surface area contributed by atoms with E-state index in [-0.39, 0.29) is 17.9 Å². The van der Waals surface area contributed by atoms with Crippen LogP contribution in [0, 0.1) is 0 Å². The number of nitrogens with zero attached hydrogens (tertiary/aromatic N) is 2. The quantitative estimate of drug-likeness (QED) is 0.785. The van der Waals surface area contributed by atoms with Gasteiger partial charge in [0, 0.05) is 25.6 Å². The van der Waals surface area contributed by atoms with E-state index < -0.39 is 0 Å². The van der Waals surface area contributed by atoms with E-state index in [0.29, 0.717) is 12.5 Å². The van der Waals surface area contributed by atoms with Crippen molar-refractivity contribution in [2.24, 2.45) is 0 Å². The lowest BCUT2D eigenvalue weighted by atomic mass is 10.0. The Kier molecular flexibility index (Phi) is 4.83. The predicted molar refractivity (Wildman–Crippen MR) is 74.7 cm³/mol. The summed E-state index contributed by atoms with van der Waals surface area (Å²) >= 11 is 0. The van der Waals surface area contributed by atoms with Crippen LogP contribution in [0.25, 0.3) is 0 Å². The summed E-state index contributed by atoms with van der Waals surface area (Å²) in [6.45, 7) is 5.77. The molecule has 0 aliphatic carbocycles. The number of carbonyl (C=O) groups excluding carboxylic acids is 2. The van der Waals surface area contributed by atoms with Gasteiger partial charge in [0.05, 0.1) is 0 Å². The molecule has 0 aromatic carbocycles. The number of hydrogen-bond acceptors (Lipinski definition) is 2. The van der Waals surface area contributed by atoms with Crippen molar-refractivity contribution in [1.82, 2.24) is 9.80 Å². The Morgan fingerprint density at radius 1 is 1.05 bits per heavy atom. The van der Waals surface area contributed by atoms with E-state index in [4.69, 9.17) is 0 Å². The van der Waals surface area contributed by atoms with Gasteiger partial charge in [-0.25, -0.2) is 0 Å². The fourth-order valence-electron chi connectivity index (χ4n) is 3.30. The van der Waals surface area contributed by atoms with E-state index in [1.165, 1.54) is 6.42 Å². The smallest absolute Gasteiger partial charge is 0.245 e. The first-order valence-corrected chi connectivity index (χ1v) is 7.75. The Bertz CT molecular complexity index is 343. The van der Waals surface area contributed by atoms with E-state index >= 15 is 0 Å². The van der Waals surface area contributed by atoms with Gasteiger partial charge in [0.15, 0.2) is 0 Å². The highest BCUT2D eigenvalue weighted by Gasteiger charge is 2.37. The number of piperidine rings is 1. The van der Waals surface area contributed by atoms with Crippen molar-refractivity contribution in [1.29, 1.82) is 0 Å². The predicted octanol–water partition coefficient (Wildman–Crippen LogP) is 2.18. The van der Waals surface area contributed by atoms with Gasteiger partial charge < -0.3 is 9.80 Å². The SMILES string of the molecule is CCCC(=O)N1CCC[C@@H]1C(=O)N1CCCC[C@H]1C. The normalized spacial score (nSPS) is 27.7. The summed E-state index contributed by atoms with van der Waals surface area (Å²) in [6.07, 6.45) is 6.66. The van der Waals surface area contributed by atoms with Crippen LogP contribution in [0.1, 0.15) is 58.8 Å². The summed E-state index contributed by atoms with van der Waals surface area (Å²) in [4.78, 5) is 28.6. The lowest BCUT2D eigenvalue weighted by Gasteiger charge is -2.37. The second kappa shape index (κ2) is 6.40. The summed E-state index contributed by atoms with van der Waals surface area (Å²) in [6, 6.07) is 0.157. The zero-order chi connectivity index (χ0) is 13.8. The molecule has 108 valence electrons. The maximum Gasteiger partial charge on any atom is 0.245 e. The van der Waals surface area contributed by atoms with E-state index in [0.717, 1.165) is 45.2 Å².